The first-order chi connectivity index (χ1) is 24.3. The summed E-state index contributed by atoms with van der Waals surface area (Å²) in [5.41, 5.74) is 3.53. The first kappa shape index (κ1) is 41.4. The lowest BCUT2D eigenvalue weighted by atomic mass is 9.69. The van der Waals surface area contributed by atoms with Gasteiger partial charge in [-0.25, -0.2) is 15.1 Å². The van der Waals surface area contributed by atoms with Crippen molar-refractivity contribution in [2.24, 2.45) is 0 Å². The maximum atomic E-state index is 13.4. The molecule has 2 aliphatic carbocycles. The van der Waals surface area contributed by atoms with E-state index >= 15 is 0 Å². The number of ketones is 1. The van der Waals surface area contributed by atoms with Gasteiger partial charge in [-0.3, -0.25) is 14.4 Å². The van der Waals surface area contributed by atoms with Crippen molar-refractivity contribution in [2.75, 3.05) is 55.8 Å². The quantitative estimate of drug-likeness (QED) is 0.0246. The topological polar surface area (TPSA) is 174 Å². The van der Waals surface area contributed by atoms with Crippen molar-refractivity contribution in [3.63, 3.8) is 0 Å². The molecule has 2 atom stereocenters. The SMILES string of the molecule is CCOC(=O)CCCN(CCCSOOO)c1ccc(C2C(=O)C(=C3C=CC(=[N+](CCCSOOO)CCCC(=O)OCC)C=C3)C2O)cc1. The molecule has 2 unspecified atom stereocenters. The Balaban J connectivity index is 1.67. The number of rotatable bonds is 24. The standard InChI is InChI=1S/C34H46N2O12S2/c1-3-43-29(37)9-5-19-35(21-7-23-49-47-45-41)27-15-11-25(12-16-27)31-33(39)32(34(31)40)26-13-17-28(18-14-26)36(22-8-24-50-48-46-42)20-6-10-30(38)44-4-2/h11-18,31,33,39H,3-10,19-24H2,1-2H3,(H-,41,42)/p+1. The molecule has 1 aromatic carbocycles. The van der Waals surface area contributed by atoms with Crippen LogP contribution in [-0.4, -0.2) is 101 Å². The number of Topliss-reactive ketones (excluding diaryl/α,β-unsaturated/α-hetero) is 1. The molecule has 1 saturated carbocycles. The van der Waals surface area contributed by atoms with Crippen LogP contribution in [0.25, 0.3) is 0 Å². The Morgan fingerprint density at radius 2 is 1.36 bits per heavy atom. The van der Waals surface area contributed by atoms with Crippen LogP contribution in [0.4, 0.5) is 5.69 Å². The molecule has 0 radical (unpaired) electrons. The fourth-order valence-electron chi connectivity index (χ4n) is 5.69. The van der Waals surface area contributed by atoms with Crippen LogP contribution in [0.1, 0.15) is 63.9 Å². The molecule has 1 fully saturated rings. The smallest absolute Gasteiger partial charge is 0.306 e. The summed E-state index contributed by atoms with van der Waals surface area (Å²) >= 11 is 1.96. The number of ether oxygens (including phenoxy) is 2. The van der Waals surface area contributed by atoms with Crippen molar-refractivity contribution in [2.45, 2.75) is 64.4 Å². The second kappa shape index (κ2) is 23.4. The van der Waals surface area contributed by atoms with Crippen LogP contribution in [-0.2, 0) is 42.6 Å². The lowest BCUT2D eigenvalue weighted by molar-refractivity contribution is -0.526. The molecule has 0 aliphatic heterocycles. The van der Waals surface area contributed by atoms with Crippen LogP contribution in [0.5, 0.6) is 0 Å². The summed E-state index contributed by atoms with van der Waals surface area (Å²) in [7, 11) is 0. The Bertz CT molecular complexity index is 1350. The van der Waals surface area contributed by atoms with Crippen molar-refractivity contribution in [3.8, 4) is 0 Å². The molecule has 50 heavy (non-hydrogen) atoms. The number of aliphatic hydroxyl groups is 1. The molecule has 0 amide bonds. The highest BCUT2D eigenvalue weighted by molar-refractivity contribution is 7.94. The van der Waals surface area contributed by atoms with E-state index in [1.165, 1.54) is 0 Å². The zero-order valence-electron chi connectivity index (χ0n) is 28.4. The van der Waals surface area contributed by atoms with E-state index in [4.69, 9.17) is 20.0 Å². The summed E-state index contributed by atoms with van der Waals surface area (Å²) < 4.78 is 21.1. The molecule has 1 aromatic rings. The molecule has 16 heteroatoms. The molecule has 276 valence electrons. The molecule has 14 nitrogen and oxygen atoms in total. The normalized spacial score (nSPS) is 16.8. The molecule has 3 rings (SSSR count). The minimum absolute atomic E-state index is 0.137. The van der Waals surface area contributed by atoms with E-state index in [-0.39, 0.29) is 17.7 Å². The van der Waals surface area contributed by atoms with Crippen LogP contribution in [0.15, 0.2) is 59.7 Å². The zero-order valence-corrected chi connectivity index (χ0v) is 30.0. The Morgan fingerprint density at radius 1 is 0.800 bits per heavy atom. The summed E-state index contributed by atoms with van der Waals surface area (Å²) in [6.07, 6.45) is 9.69. The van der Waals surface area contributed by atoms with Gasteiger partial charge in [0.25, 0.3) is 0 Å². The van der Waals surface area contributed by atoms with Crippen molar-refractivity contribution in [1.82, 2.24) is 0 Å². The highest BCUT2D eigenvalue weighted by atomic mass is 32.2. The Labute approximate surface area is 300 Å². The van der Waals surface area contributed by atoms with E-state index in [1.807, 2.05) is 48.6 Å². The lowest BCUT2D eigenvalue weighted by Crippen LogP contribution is -2.43. The largest absolute Gasteiger partial charge is 0.466 e. The van der Waals surface area contributed by atoms with Gasteiger partial charge in [0.05, 0.1) is 31.7 Å². The predicted octanol–water partition coefficient (Wildman–Crippen LogP) is 5.00. The Kier molecular flexibility index (Phi) is 19.4. The van der Waals surface area contributed by atoms with E-state index in [2.05, 4.69) is 28.2 Å². The van der Waals surface area contributed by atoms with Gasteiger partial charge in [-0.05, 0) is 62.1 Å². The summed E-state index contributed by atoms with van der Waals surface area (Å²) in [6.45, 7) is 6.72. The number of hydrogen-bond donors (Lipinski definition) is 3. The number of anilines is 1. The van der Waals surface area contributed by atoms with E-state index in [1.54, 1.807) is 13.8 Å². The maximum Gasteiger partial charge on any atom is 0.306 e. The molecule has 2 aliphatic rings. The highest BCUT2D eigenvalue weighted by Gasteiger charge is 2.46. The first-order valence-electron chi connectivity index (χ1n) is 16.6. The fraction of sp³-hybridized carbons (Fsp3) is 0.529. The third kappa shape index (κ3) is 13.2. The lowest BCUT2D eigenvalue weighted by Gasteiger charge is -2.36. The Hall–Kier alpha value is -3.06. The number of hydrogen-bond acceptors (Lipinski definition) is 15. The van der Waals surface area contributed by atoms with Crippen LogP contribution in [0.2, 0.25) is 0 Å². The first-order valence-corrected chi connectivity index (χ1v) is 18.5. The number of benzene rings is 1. The molecule has 0 bridgehead atoms. The summed E-state index contributed by atoms with van der Waals surface area (Å²) in [5, 5.41) is 35.1. The van der Waals surface area contributed by atoms with Gasteiger partial charge in [-0.2, -0.15) is 0 Å². The molecular weight excluding hydrogens is 693 g/mol. The second-order valence-corrected chi connectivity index (χ2v) is 12.8. The molecule has 0 aromatic heterocycles. The number of esters is 2. The Morgan fingerprint density at radius 3 is 1.94 bits per heavy atom. The van der Waals surface area contributed by atoms with E-state index in [0.29, 0.717) is 106 Å². The van der Waals surface area contributed by atoms with Crippen LogP contribution in [0.3, 0.4) is 0 Å². The molecule has 0 spiro atoms. The van der Waals surface area contributed by atoms with Gasteiger partial charge in [-0.15, -0.1) is 8.67 Å². The van der Waals surface area contributed by atoms with E-state index < -0.39 is 12.0 Å². The number of carbonyl (C=O) groups is 3. The minimum Gasteiger partial charge on any atom is -0.466 e. The van der Waals surface area contributed by atoms with Gasteiger partial charge in [0, 0.05) is 91.4 Å². The van der Waals surface area contributed by atoms with E-state index in [9.17, 15) is 19.5 Å². The monoisotopic (exact) mass is 739 g/mol. The average Bonchev–Trinajstić information content (AvgIpc) is 3.11. The zero-order chi connectivity index (χ0) is 36.1. The van der Waals surface area contributed by atoms with Crippen molar-refractivity contribution in [1.29, 1.82) is 0 Å². The van der Waals surface area contributed by atoms with Gasteiger partial charge >= 0.3 is 11.9 Å². The van der Waals surface area contributed by atoms with Gasteiger partial charge < -0.3 is 19.5 Å². The maximum absolute atomic E-state index is 13.4. The van der Waals surface area contributed by atoms with Crippen LogP contribution in [0, 0.1) is 0 Å². The van der Waals surface area contributed by atoms with Crippen LogP contribution < -0.4 is 4.90 Å². The average molecular weight is 740 g/mol. The summed E-state index contributed by atoms with van der Waals surface area (Å²) in [4.78, 5) is 39.2. The summed E-state index contributed by atoms with van der Waals surface area (Å²) in [6, 6.07) is 7.51. The number of nitrogens with zero attached hydrogens (tertiary/aromatic N) is 2. The molecule has 0 heterocycles. The number of allylic oxidation sites excluding steroid dienone is 5. The molecule has 0 saturated heterocycles. The van der Waals surface area contributed by atoms with Crippen molar-refractivity contribution >= 4 is 53.2 Å². The van der Waals surface area contributed by atoms with Crippen LogP contribution >= 0.6 is 24.1 Å². The fourth-order valence-corrected chi connectivity index (χ4v) is 6.41. The molecular formula is C34H47N2O12S2+. The molecule has 3 N–H and O–H groups in total. The third-order valence-electron chi connectivity index (χ3n) is 8.02. The van der Waals surface area contributed by atoms with E-state index in [0.717, 1.165) is 35.5 Å². The minimum atomic E-state index is -0.961. The predicted molar refractivity (Wildman–Crippen MR) is 188 cm³/mol. The van der Waals surface area contributed by atoms with Crippen molar-refractivity contribution < 1.29 is 62.8 Å². The van der Waals surface area contributed by atoms with Gasteiger partial charge in [0.1, 0.15) is 13.1 Å². The number of carbonyl (C=O) groups excluding carboxylic acids is 3. The van der Waals surface area contributed by atoms with Gasteiger partial charge in [-0.1, -0.05) is 22.2 Å². The second-order valence-electron chi connectivity index (χ2n) is 11.3. The van der Waals surface area contributed by atoms with Crippen molar-refractivity contribution in [3.05, 3.63) is 65.3 Å². The summed E-state index contributed by atoms with van der Waals surface area (Å²) in [5.74, 6) is -0.169. The van der Waals surface area contributed by atoms with Gasteiger partial charge in [0.2, 0.25) is 0 Å². The highest BCUT2D eigenvalue weighted by Crippen LogP contribution is 2.41. The third-order valence-corrected chi connectivity index (χ3v) is 9.24. The van der Waals surface area contributed by atoms with Gasteiger partial charge in [0.15, 0.2) is 11.5 Å². The number of aliphatic hydroxyl groups excluding tert-OH is 1.